The van der Waals surface area contributed by atoms with Crippen LogP contribution < -0.4 is 5.73 Å². The fourth-order valence-electron chi connectivity index (χ4n) is 2.20. The van der Waals surface area contributed by atoms with Gasteiger partial charge in [-0.05, 0) is 24.0 Å². The monoisotopic (exact) mass is 244 g/mol. The van der Waals surface area contributed by atoms with Gasteiger partial charge in [0.2, 0.25) is 0 Å². The van der Waals surface area contributed by atoms with Gasteiger partial charge in [-0.3, -0.25) is 0 Å². The van der Waals surface area contributed by atoms with Crippen LogP contribution in [-0.4, -0.2) is 15.0 Å². The lowest BCUT2D eigenvalue weighted by molar-refractivity contribution is 0.596. The Bertz CT molecular complexity index is 528. The zero-order valence-electron chi connectivity index (χ0n) is 11.2. The topological polar surface area (TPSA) is 56.7 Å². The Morgan fingerprint density at radius 3 is 2.61 bits per heavy atom. The van der Waals surface area contributed by atoms with Gasteiger partial charge in [0.05, 0.1) is 17.9 Å². The number of hydrogen-bond donors (Lipinski definition) is 1. The van der Waals surface area contributed by atoms with E-state index < -0.39 is 0 Å². The lowest BCUT2D eigenvalue weighted by Gasteiger charge is -2.12. The summed E-state index contributed by atoms with van der Waals surface area (Å²) in [6.07, 6.45) is 0. The third kappa shape index (κ3) is 2.43. The predicted octanol–water partition coefficient (Wildman–Crippen LogP) is 2.22. The molecule has 4 nitrogen and oxygen atoms in total. The van der Waals surface area contributed by atoms with Crippen molar-refractivity contribution in [1.29, 1.82) is 0 Å². The Morgan fingerprint density at radius 2 is 2.00 bits per heavy atom. The molecule has 4 heteroatoms. The highest BCUT2D eigenvalue weighted by atomic mass is 15.4. The maximum atomic E-state index is 5.71. The number of aromatic nitrogens is 3. The summed E-state index contributed by atoms with van der Waals surface area (Å²) in [5.74, 6) is 0.377. The van der Waals surface area contributed by atoms with E-state index in [9.17, 15) is 0 Å². The molecule has 96 valence electrons. The van der Waals surface area contributed by atoms with Gasteiger partial charge < -0.3 is 5.73 Å². The smallest absolute Gasteiger partial charge is 0.0997 e. The number of nitrogens with two attached hydrogens (primary N) is 1. The predicted molar refractivity (Wildman–Crippen MR) is 72.3 cm³/mol. The van der Waals surface area contributed by atoms with E-state index in [0.29, 0.717) is 12.5 Å². The summed E-state index contributed by atoms with van der Waals surface area (Å²) in [4.78, 5) is 0. The fourth-order valence-corrected chi connectivity index (χ4v) is 2.20. The van der Waals surface area contributed by atoms with Crippen molar-refractivity contribution in [3.63, 3.8) is 0 Å². The van der Waals surface area contributed by atoms with Crippen LogP contribution in [0, 0.1) is 6.92 Å². The second kappa shape index (κ2) is 5.31. The van der Waals surface area contributed by atoms with Crippen LogP contribution in [0.5, 0.6) is 0 Å². The molecule has 1 heterocycles. The lowest BCUT2D eigenvalue weighted by atomic mass is 10.1. The van der Waals surface area contributed by atoms with Gasteiger partial charge in [-0.1, -0.05) is 43.3 Å². The summed E-state index contributed by atoms with van der Waals surface area (Å²) in [5, 5.41) is 8.40. The van der Waals surface area contributed by atoms with Crippen molar-refractivity contribution >= 4 is 0 Å². The average molecular weight is 244 g/mol. The lowest BCUT2D eigenvalue weighted by Crippen LogP contribution is -2.11. The second-order valence-corrected chi connectivity index (χ2v) is 4.86. The van der Waals surface area contributed by atoms with Crippen molar-refractivity contribution in [2.75, 3.05) is 0 Å². The molecule has 18 heavy (non-hydrogen) atoms. The van der Waals surface area contributed by atoms with E-state index in [0.717, 1.165) is 17.9 Å². The van der Waals surface area contributed by atoms with E-state index in [4.69, 9.17) is 5.73 Å². The van der Waals surface area contributed by atoms with E-state index in [-0.39, 0.29) is 0 Å². The zero-order chi connectivity index (χ0) is 13.1. The molecule has 0 radical (unpaired) electrons. The van der Waals surface area contributed by atoms with E-state index in [1.54, 1.807) is 0 Å². The number of benzene rings is 1. The minimum absolute atomic E-state index is 0.377. The molecule has 0 aliphatic heterocycles. The molecule has 0 spiro atoms. The van der Waals surface area contributed by atoms with Gasteiger partial charge in [0, 0.05) is 6.54 Å². The van der Waals surface area contributed by atoms with E-state index in [1.807, 2.05) is 4.68 Å². The number of rotatable bonds is 4. The summed E-state index contributed by atoms with van der Waals surface area (Å²) in [6.45, 7) is 7.61. The minimum Gasteiger partial charge on any atom is -0.325 e. The molecular weight excluding hydrogens is 224 g/mol. The summed E-state index contributed by atoms with van der Waals surface area (Å²) >= 11 is 0. The normalized spacial score (nSPS) is 11.2. The fraction of sp³-hybridized carbons (Fsp3) is 0.429. The number of nitrogens with zero attached hydrogens (tertiary/aromatic N) is 3. The molecule has 0 aliphatic carbocycles. The van der Waals surface area contributed by atoms with Crippen molar-refractivity contribution in [3.8, 4) is 0 Å². The minimum atomic E-state index is 0.377. The molecule has 0 atom stereocenters. The molecule has 2 aromatic rings. The highest BCUT2D eigenvalue weighted by molar-refractivity contribution is 5.26. The van der Waals surface area contributed by atoms with Gasteiger partial charge in [0.25, 0.3) is 0 Å². The Balaban J connectivity index is 2.35. The maximum absolute atomic E-state index is 5.71. The molecule has 0 saturated heterocycles. The molecule has 0 saturated carbocycles. The molecule has 0 amide bonds. The van der Waals surface area contributed by atoms with Crippen LogP contribution in [0.4, 0.5) is 0 Å². The molecule has 0 fully saturated rings. The third-order valence-corrected chi connectivity index (χ3v) is 3.17. The Morgan fingerprint density at radius 1 is 1.28 bits per heavy atom. The molecule has 1 aromatic heterocycles. The van der Waals surface area contributed by atoms with Crippen molar-refractivity contribution in [1.82, 2.24) is 15.0 Å². The van der Waals surface area contributed by atoms with Crippen molar-refractivity contribution in [2.24, 2.45) is 5.73 Å². The molecule has 1 aromatic carbocycles. The number of hydrogen-bond acceptors (Lipinski definition) is 3. The first kappa shape index (κ1) is 12.8. The summed E-state index contributed by atoms with van der Waals surface area (Å²) in [7, 11) is 0. The summed E-state index contributed by atoms with van der Waals surface area (Å²) in [5.41, 5.74) is 10.3. The largest absolute Gasteiger partial charge is 0.325 e. The second-order valence-electron chi connectivity index (χ2n) is 4.86. The average Bonchev–Trinajstić information content (AvgIpc) is 2.75. The van der Waals surface area contributed by atoms with Crippen LogP contribution in [0.3, 0.4) is 0 Å². The SMILES string of the molecule is Cc1ccccc1Cn1nnc(CN)c1C(C)C. The first-order valence-electron chi connectivity index (χ1n) is 6.30. The molecular formula is C14H20N4. The van der Waals surface area contributed by atoms with E-state index >= 15 is 0 Å². The van der Waals surface area contributed by atoms with Crippen LogP contribution in [0.25, 0.3) is 0 Å². The molecule has 0 bridgehead atoms. The molecule has 0 aliphatic rings. The first-order valence-corrected chi connectivity index (χ1v) is 6.30. The van der Waals surface area contributed by atoms with Gasteiger partial charge in [-0.25, -0.2) is 4.68 Å². The molecule has 2 N–H and O–H groups in total. The van der Waals surface area contributed by atoms with Crippen LogP contribution >= 0.6 is 0 Å². The van der Waals surface area contributed by atoms with Crippen molar-refractivity contribution < 1.29 is 0 Å². The van der Waals surface area contributed by atoms with Crippen molar-refractivity contribution in [3.05, 3.63) is 46.8 Å². The highest BCUT2D eigenvalue weighted by Gasteiger charge is 2.15. The van der Waals surface area contributed by atoms with Gasteiger partial charge in [-0.15, -0.1) is 5.10 Å². The summed E-state index contributed by atoms with van der Waals surface area (Å²) in [6, 6.07) is 8.35. The quantitative estimate of drug-likeness (QED) is 0.897. The van der Waals surface area contributed by atoms with Crippen molar-refractivity contribution in [2.45, 2.75) is 39.8 Å². The van der Waals surface area contributed by atoms with Gasteiger partial charge in [0.15, 0.2) is 0 Å². The number of aryl methyl sites for hydroxylation is 1. The Hall–Kier alpha value is -1.68. The summed E-state index contributed by atoms with van der Waals surface area (Å²) < 4.78 is 1.97. The first-order chi connectivity index (χ1) is 8.63. The van der Waals surface area contributed by atoms with Gasteiger partial charge in [-0.2, -0.15) is 0 Å². The zero-order valence-corrected chi connectivity index (χ0v) is 11.2. The Kier molecular flexibility index (Phi) is 3.77. The van der Waals surface area contributed by atoms with Crippen LogP contribution in [0.2, 0.25) is 0 Å². The third-order valence-electron chi connectivity index (χ3n) is 3.17. The maximum Gasteiger partial charge on any atom is 0.0997 e. The van der Waals surface area contributed by atoms with E-state index in [2.05, 4.69) is 55.3 Å². The van der Waals surface area contributed by atoms with Gasteiger partial charge in [0.1, 0.15) is 0 Å². The molecule has 0 unspecified atom stereocenters. The van der Waals surface area contributed by atoms with Gasteiger partial charge >= 0.3 is 0 Å². The highest BCUT2D eigenvalue weighted by Crippen LogP contribution is 2.19. The van der Waals surface area contributed by atoms with E-state index in [1.165, 1.54) is 11.1 Å². The Labute approximate surface area is 108 Å². The van der Waals surface area contributed by atoms with Crippen LogP contribution in [0.15, 0.2) is 24.3 Å². The van der Waals surface area contributed by atoms with Crippen LogP contribution in [-0.2, 0) is 13.1 Å². The standard InChI is InChI=1S/C14H20N4/c1-10(2)14-13(8-15)16-17-18(14)9-12-7-5-4-6-11(12)3/h4-7,10H,8-9,15H2,1-3H3. The molecule has 2 rings (SSSR count). The van der Waals surface area contributed by atoms with Crippen LogP contribution in [0.1, 0.15) is 42.3 Å².